The number of hydrogen-bond acceptors (Lipinski definition) is 7. The Bertz CT molecular complexity index is 1710. The zero-order valence-electron chi connectivity index (χ0n) is 27.1. The van der Waals surface area contributed by atoms with Gasteiger partial charge in [0.15, 0.2) is 0 Å². The number of benzene rings is 3. The van der Waals surface area contributed by atoms with E-state index >= 15 is 0 Å². The number of rotatable bonds is 12. The first kappa shape index (κ1) is 34.7. The van der Waals surface area contributed by atoms with Crippen LogP contribution in [-0.4, -0.2) is 60.1 Å². The Morgan fingerprint density at radius 2 is 1.67 bits per heavy atom. The highest BCUT2D eigenvalue weighted by Gasteiger charge is 2.20. The number of amides is 2. The molecular formula is C35H40Cl2N6O3. The molecule has 0 saturated heterocycles. The fraction of sp³-hybridized carbons (Fsp3) is 0.314. The standard InChI is InChI=1S/C35H40Cl2N6O3/c1-7-43(8-2)18-10-17-38-33(44)25-11-9-12-27(19-25)39-34-40-30(28-15-13-22(3)23(4)24(28)5)21-32(41-34)46-35(45)42(6)31-20-26(36)14-16-29(31)37/h9,11-16,19-21H,7-8,10,17-18H2,1-6H3,(H,38,44)(H,39,40,41). The van der Waals surface area contributed by atoms with E-state index in [0.29, 0.717) is 39.2 Å². The minimum Gasteiger partial charge on any atom is -0.391 e. The third-order valence-electron chi connectivity index (χ3n) is 7.98. The number of halogens is 2. The van der Waals surface area contributed by atoms with Crippen molar-refractivity contribution in [3.8, 4) is 17.1 Å². The predicted molar refractivity (Wildman–Crippen MR) is 187 cm³/mol. The monoisotopic (exact) mass is 662 g/mol. The van der Waals surface area contributed by atoms with Gasteiger partial charge in [-0.1, -0.05) is 55.2 Å². The van der Waals surface area contributed by atoms with Crippen LogP contribution >= 0.6 is 23.2 Å². The number of aryl methyl sites for hydroxylation is 1. The maximum absolute atomic E-state index is 13.2. The van der Waals surface area contributed by atoms with Crippen LogP contribution in [0.25, 0.3) is 11.3 Å². The van der Waals surface area contributed by atoms with Crippen molar-refractivity contribution in [1.29, 1.82) is 0 Å². The third-order valence-corrected chi connectivity index (χ3v) is 8.54. The van der Waals surface area contributed by atoms with Crippen LogP contribution in [-0.2, 0) is 0 Å². The molecule has 0 spiro atoms. The van der Waals surface area contributed by atoms with E-state index in [1.54, 1.807) is 42.5 Å². The van der Waals surface area contributed by atoms with Gasteiger partial charge in [-0.25, -0.2) is 9.78 Å². The molecule has 0 fully saturated rings. The molecule has 9 nitrogen and oxygen atoms in total. The minimum atomic E-state index is -0.712. The van der Waals surface area contributed by atoms with E-state index in [2.05, 4.69) is 48.2 Å². The van der Waals surface area contributed by atoms with Crippen LogP contribution in [0.2, 0.25) is 10.0 Å². The van der Waals surface area contributed by atoms with Gasteiger partial charge in [-0.05, 0) is 99.9 Å². The number of carbonyl (C=O) groups is 2. The predicted octanol–water partition coefficient (Wildman–Crippen LogP) is 8.22. The summed E-state index contributed by atoms with van der Waals surface area (Å²) >= 11 is 12.5. The molecule has 2 N–H and O–H groups in total. The number of ether oxygens (including phenoxy) is 1. The van der Waals surface area contributed by atoms with Gasteiger partial charge in [-0.2, -0.15) is 4.98 Å². The Kier molecular flexibility index (Phi) is 12.0. The van der Waals surface area contributed by atoms with Crippen molar-refractivity contribution >= 4 is 52.5 Å². The van der Waals surface area contributed by atoms with Crippen LogP contribution in [0.1, 0.15) is 47.3 Å². The van der Waals surface area contributed by atoms with E-state index in [-0.39, 0.29) is 17.7 Å². The van der Waals surface area contributed by atoms with Gasteiger partial charge < -0.3 is 20.3 Å². The summed E-state index contributed by atoms with van der Waals surface area (Å²) < 4.78 is 5.74. The van der Waals surface area contributed by atoms with E-state index in [4.69, 9.17) is 32.9 Å². The van der Waals surface area contributed by atoms with Gasteiger partial charge in [-0.3, -0.25) is 9.69 Å². The maximum atomic E-state index is 13.2. The molecule has 0 aliphatic carbocycles. The van der Waals surface area contributed by atoms with Crippen LogP contribution < -0.4 is 20.3 Å². The number of aromatic nitrogens is 2. The average molecular weight is 664 g/mol. The van der Waals surface area contributed by atoms with Gasteiger partial charge in [0.1, 0.15) is 0 Å². The molecule has 46 heavy (non-hydrogen) atoms. The number of hydrogen-bond donors (Lipinski definition) is 2. The molecule has 2 amide bonds. The largest absolute Gasteiger partial charge is 0.420 e. The van der Waals surface area contributed by atoms with Gasteiger partial charge in [0.25, 0.3) is 5.91 Å². The highest BCUT2D eigenvalue weighted by Crippen LogP contribution is 2.31. The SMILES string of the molecule is CCN(CC)CCCNC(=O)c1cccc(Nc2nc(OC(=O)N(C)c3cc(Cl)ccc3Cl)cc(-c3ccc(C)c(C)c3C)n2)c1. The highest BCUT2D eigenvalue weighted by molar-refractivity contribution is 6.35. The van der Waals surface area contributed by atoms with Crippen LogP contribution in [0.15, 0.2) is 60.7 Å². The van der Waals surface area contributed by atoms with Crippen molar-refractivity contribution in [2.24, 2.45) is 0 Å². The molecule has 0 aliphatic rings. The summed E-state index contributed by atoms with van der Waals surface area (Å²) in [5.74, 6) is 0.0568. The van der Waals surface area contributed by atoms with Crippen molar-refractivity contribution in [3.05, 3.63) is 93.0 Å². The van der Waals surface area contributed by atoms with Gasteiger partial charge in [-0.15, -0.1) is 0 Å². The number of carbonyl (C=O) groups excluding carboxylic acids is 2. The highest BCUT2D eigenvalue weighted by atomic mass is 35.5. The van der Waals surface area contributed by atoms with Crippen LogP contribution in [0.4, 0.5) is 22.1 Å². The first-order chi connectivity index (χ1) is 22.0. The average Bonchev–Trinajstić information content (AvgIpc) is 3.04. The van der Waals surface area contributed by atoms with Crippen LogP contribution in [0, 0.1) is 20.8 Å². The Morgan fingerprint density at radius 1 is 0.913 bits per heavy atom. The first-order valence-electron chi connectivity index (χ1n) is 15.2. The molecule has 1 aromatic heterocycles. The molecule has 0 unspecified atom stereocenters. The fourth-order valence-corrected chi connectivity index (χ4v) is 5.33. The second-order valence-electron chi connectivity index (χ2n) is 11.0. The summed E-state index contributed by atoms with van der Waals surface area (Å²) in [6, 6.07) is 17.5. The smallest absolute Gasteiger partial charge is 0.391 e. The summed E-state index contributed by atoms with van der Waals surface area (Å²) in [6.45, 7) is 13.9. The maximum Gasteiger partial charge on any atom is 0.420 e. The van der Waals surface area contributed by atoms with Crippen molar-refractivity contribution in [1.82, 2.24) is 20.2 Å². The van der Waals surface area contributed by atoms with Crippen LogP contribution in [0.3, 0.4) is 0 Å². The molecule has 3 aromatic carbocycles. The van der Waals surface area contributed by atoms with E-state index < -0.39 is 6.09 Å². The lowest BCUT2D eigenvalue weighted by atomic mass is 9.97. The zero-order chi connectivity index (χ0) is 33.4. The summed E-state index contributed by atoms with van der Waals surface area (Å²) in [4.78, 5) is 39.0. The van der Waals surface area contributed by atoms with Gasteiger partial charge >= 0.3 is 6.09 Å². The molecule has 0 bridgehead atoms. The minimum absolute atomic E-state index is 0.0298. The zero-order valence-corrected chi connectivity index (χ0v) is 28.6. The second kappa shape index (κ2) is 15.9. The molecule has 242 valence electrons. The quantitative estimate of drug-likeness (QED) is 0.147. The molecule has 0 aliphatic heterocycles. The lowest BCUT2D eigenvalue weighted by molar-refractivity contribution is 0.0951. The molecule has 4 aromatic rings. The van der Waals surface area contributed by atoms with Gasteiger partial charge in [0.2, 0.25) is 11.8 Å². The van der Waals surface area contributed by atoms with Crippen LogP contribution in [0.5, 0.6) is 5.88 Å². The van der Waals surface area contributed by atoms with Crippen molar-refractivity contribution in [2.45, 2.75) is 41.0 Å². The number of anilines is 3. The summed E-state index contributed by atoms with van der Waals surface area (Å²) in [5.41, 5.74) is 6.26. The van der Waals surface area contributed by atoms with Crippen molar-refractivity contribution in [2.75, 3.05) is 43.4 Å². The Hall–Kier alpha value is -4.18. The van der Waals surface area contributed by atoms with E-state index in [0.717, 1.165) is 48.3 Å². The van der Waals surface area contributed by atoms with Crippen molar-refractivity contribution in [3.63, 3.8) is 0 Å². The first-order valence-corrected chi connectivity index (χ1v) is 16.0. The summed E-state index contributed by atoms with van der Waals surface area (Å²) in [5, 5.41) is 6.96. The van der Waals surface area contributed by atoms with E-state index in [9.17, 15) is 9.59 Å². The second-order valence-corrected chi connectivity index (χ2v) is 11.8. The Labute approximate surface area is 280 Å². The molecule has 0 atom stereocenters. The van der Waals surface area contributed by atoms with Gasteiger partial charge in [0, 0.05) is 41.5 Å². The molecule has 1 heterocycles. The third kappa shape index (κ3) is 8.75. The summed E-state index contributed by atoms with van der Waals surface area (Å²) in [6.07, 6.45) is 0.153. The molecule has 0 saturated carbocycles. The Morgan fingerprint density at radius 3 is 2.41 bits per heavy atom. The normalized spacial score (nSPS) is 11.0. The topological polar surface area (TPSA) is 99.7 Å². The van der Waals surface area contributed by atoms with E-state index in [1.165, 1.54) is 11.9 Å². The molecule has 0 radical (unpaired) electrons. The Balaban J connectivity index is 1.60. The fourth-order valence-electron chi connectivity index (χ4n) is 4.92. The number of nitrogens with one attached hydrogen (secondary N) is 2. The molecular weight excluding hydrogens is 623 g/mol. The van der Waals surface area contributed by atoms with Gasteiger partial charge in [0.05, 0.1) is 16.4 Å². The lowest BCUT2D eigenvalue weighted by Gasteiger charge is -2.19. The molecule has 11 heteroatoms. The van der Waals surface area contributed by atoms with E-state index in [1.807, 2.05) is 25.1 Å². The summed E-state index contributed by atoms with van der Waals surface area (Å²) in [7, 11) is 1.54. The van der Waals surface area contributed by atoms with Crippen molar-refractivity contribution < 1.29 is 14.3 Å². The number of nitrogens with zero attached hydrogens (tertiary/aromatic N) is 4. The lowest BCUT2D eigenvalue weighted by Crippen LogP contribution is -2.30. The molecule has 4 rings (SSSR count).